The normalized spacial score (nSPS) is 13.0. The molecule has 2 aliphatic heterocycles. The first-order valence-corrected chi connectivity index (χ1v) is 26.6. The predicted octanol–water partition coefficient (Wildman–Crippen LogP) is 13.4. The molecule has 12 aromatic rings. The van der Waals surface area contributed by atoms with Gasteiger partial charge in [-0.15, -0.1) is 0 Å². The molecule has 2 aliphatic rings. The number of aromatic nitrogens is 2. The average molecular weight is 975 g/mol. The topological polar surface area (TPSA) is 13.1 Å². The summed E-state index contributed by atoms with van der Waals surface area (Å²) in [7, 11) is 0. The van der Waals surface area contributed by atoms with Crippen molar-refractivity contribution >= 4 is 108 Å². The van der Waals surface area contributed by atoms with Crippen LogP contribution >= 0.6 is 0 Å². The molecule has 0 saturated carbocycles. The summed E-state index contributed by atoms with van der Waals surface area (Å²) >= 11 is 0.0123. The van der Waals surface area contributed by atoms with Gasteiger partial charge < -0.3 is 0 Å². The second-order valence-electron chi connectivity index (χ2n) is 20.5. The first kappa shape index (κ1) is 42.1. The summed E-state index contributed by atoms with van der Waals surface area (Å²) in [4.78, 5) is 2.72. The quantitative estimate of drug-likeness (QED) is 0.157. The second kappa shape index (κ2) is 15.9. The van der Waals surface area contributed by atoms with E-state index in [1.165, 1.54) is 136 Å². The Kier molecular flexibility index (Phi) is 9.40. The Morgan fingerprint density at radius 2 is 0.859 bits per heavy atom. The molecule has 338 valence electrons. The van der Waals surface area contributed by atoms with Crippen molar-refractivity contribution in [1.29, 1.82) is 0 Å². The van der Waals surface area contributed by atoms with Gasteiger partial charge in [0.15, 0.2) is 0 Å². The van der Waals surface area contributed by atoms with Crippen molar-refractivity contribution in [2.24, 2.45) is 0 Å². The van der Waals surface area contributed by atoms with Crippen LogP contribution in [-0.4, -0.2) is 30.8 Å². The number of fused-ring (bicyclic) bond motifs is 10. The van der Waals surface area contributed by atoms with Crippen LogP contribution in [0, 0.1) is 13.8 Å². The van der Waals surface area contributed by atoms with Crippen LogP contribution in [0.4, 0.5) is 17.1 Å². The first-order valence-electron chi connectivity index (χ1n) is 24.9. The van der Waals surface area contributed by atoms with Crippen molar-refractivity contribution in [2.75, 3.05) is 4.90 Å². The Morgan fingerprint density at radius 1 is 0.408 bits per heavy atom. The molecule has 2 aromatic heterocycles. The molecule has 71 heavy (non-hydrogen) atoms. The van der Waals surface area contributed by atoms with E-state index >= 15 is 0 Å². The molecule has 0 aliphatic carbocycles. The van der Waals surface area contributed by atoms with Gasteiger partial charge in [0.25, 0.3) is 0 Å². The maximum atomic E-state index is 2.72. The van der Waals surface area contributed by atoms with Crippen LogP contribution in [0.3, 0.4) is 0 Å². The number of nitrogens with zero attached hydrogens (tertiary/aromatic N) is 3. The third-order valence-electron chi connectivity index (χ3n) is 15.5. The Labute approximate surface area is 421 Å². The van der Waals surface area contributed by atoms with Gasteiger partial charge in [0.2, 0.25) is 0 Å². The van der Waals surface area contributed by atoms with Gasteiger partial charge in [0.1, 0.15) is 0 Å². The summed E-state index contributed by atoms with van der Waals surface area (Å²) in [5.41, 5.74) is 24.0. The number of hydrogen-bond acceptors (Lipinski definition) is 1. The minimum absolute atomic E-state index is 0.0123. The van der Waals surface area contributed by atoms with E-state index in [0.29, 0.717) is 0 Å². The molecule has 0 amide bonds. The molecule has 4 heterocycles. The number of benzene rings is 10. The fourth-order valence-corrected chi connectivity index (χ4v) is 14.9. The summed E-state index contributed by atoms with van der Waals surface area (Å²) < 4.78 is 8.00. The van der Waals surface area contributed by atoms with Crippen molar-refractivity contribution < 1.29 is 0 Å². The van der Waals surface area contributed by atoms with E-state index in [4.69, 9.17) is 0 Å². The van der Waals surface area contributed by atoms with E-state index in [1.54, 1.807) is 0 Å². The Bertz CT molecular complexity index is 3990. The monoisotopic (exact) mass is 975 g/mol. The molecule has 0 bridgehead atoms. The van der Waals surface area contributed by atoms with Crippen molar-refractivity contribution in [2.45, 2.75) is 40.0 Å². The van der Waals surface area contributed by atoms with Gasteiger partial charge in [-0.1, -0.05) is 0 Å². The average Bonchev–Trinajstić information content (AvgIpc) is 3.92. The molecular formula is C66H50BN3Se. The fraction of sp³-hybridized carbons (Fsp3) is 0.0909. The number of para-hydroxylation sites is 5. The number of rotatable bonds is 5. The first-order chi connectivity index (χ1) is 34.7. The molecule has 0 atom stereocenters. The molecule has 0 unspecified atom stereocenters. The van der Waals surface area contributed by atoms with Crippen LogP contribution in [0.5, 0.6) is 0 Å². The van der Waals surface area contributed by atoms with E-state index < -0.39 is 0 Å². The van der Waals surface area contributed by atoms with Crippen LogP contribution in [-0.2, 0) is 5.41 Å². The van der Waals surface area contributed by atoms with Crippen LogP contribution in [0.1, 0.15) is 37.5 Å². The van der Waals surface area contributed by atoms with Crippen LogP contribution in [0.15, 0.2) is 212 Å². The zero-order valence-electron chi connectivity index (χ0n) is 40.5. The second-order valence-corrected chi connectivity index (χ2v) is 22.7. The standard InChI is InChI=1S/C66H50BN3Se/c1-41-54(68-56-31-16-12-25-48(56)49-26-13-17-32-57(49)68)37-35-52-63(41)70(64-46(43-21-8-6-9-22-43)29-20-30-47(64)44-23-10-7-11-24-44)60-39-45(66(3,4)5)40-61-62(60)67(52)53-36-38-55(42(2)65(53)71-61)69-58-33-18-14-27-50(58)51-28-15-19-34-59(51)69/h6-40H,1-5H3. The molecule has 0 saturated heterocycles. The fourth-order valence-electron chi connectivity index (χ4n) is 12.2. The molecule has 5 heteroatoms. The molecule has 0 N–H and O–H groups in total. The zero-order valence-corrected chi connectivity index (χ0v) is 42.2. The molecule has 10 aromatic carbocycles. The van der Waals surface area contributed by atoms with Gasteiger partial charge in [-0.3, -0.25) is 0 Å². The van der Waals surface area contributed by atoms with Gasteiger partial charge in [0.05, 0.1) is 0 Å². The number of anilines is 3. The third-order valence-corrected chi connectivity index (χ3v) is 18.2. The Balaban J connectivity index is 1.11. The summed E-state index contributed by atoms with van der Waals surface area (Å²) in [6.45, 7) is 12.0. The molecule has 0 spiro atoms. The molecule has 14 rings (SSSR count). The Morgan fingerprint density at radius 3 is 1.35 bits per heavy atom. The van der Waals surface area contributed by atoms with Crippen LogP contribution in [0.25, 0.3) is 77.2 Å². The minimum atomic E-state index is -0.107. The SMILES string of the molecule is Cc1c(-n2c3ccccc3c3ccccc32)ccc2c1[Se]c1cc(C(C)(C)C)cc3c1B2c1ccc(-n2c4ccccc4c4ccccc42)c(C)c1N3c1c(-c2ccccc2)cccc1-c1ccccc1. The predicted molar refractivity (Wildman–Crippen MR) is 305 cm³/mol. The van der Waals surface area contributed by atoms with Gasteiger partial charge in [-0.05, 0) is 0 Å². The van der Waals surface area contributed by atoms with Gasteiger partial charge in [0, 0.05) is 0 Å². The zero-order chi connectivity index (χ0) is 47.7. The van der Waals surface area contributed by atoms with Gasteiger partial charge in [-0.25, -0.2) is 0 Å². The summed E-state index contributed by atoms with van der Waals surface area (Å²) in [6, 6.07) is 79.7. The number of hydrogen-bond donors (Lipinski definition) is 0. The van der Waals surface area contributed by atoms with E-state index in [9.17, 15) is 0 Å². The third kappa shape index (κ3) is 6.23. The Hall–Kier alpha value is -7.82. The van der Waals surface area contributed by atoms with Crippen molar-refractivity contribution in [3.8, 4) is 33.6 Å². The van der Waals surface area contributed by atoms with Crippen molar-refractivity contribution in [3.05, 3.63) is 229 Å². The molecule has 0 radical (unpaired) electrons. The van der Waals surface area contributed by atoms with Crippen LogP contribution in [0.2, 0.25) is 0 Å². The summed E-state index contributed by atoms with van der Waals surface area (Å²) in [5.74, 6) is 0. The van der Waals surface area contributed by atoms with E-state index in [1.807, 2.05) is 0 Å². The van der Waals surface area contributed by atoms with Gasteiger partial charge >= 0.3 is 424 Å². The van der Waals surface area contributed by atoms with E-state index in [2.05, 4.69) is 261 Å². The molecule has 3 nitrogen and oxygen atoms in total. The maximum absolute atomic E-state index is 2.72. The van der Waals surface area contributed by atoms with Crippen molar-refractivity contribution in [1.82, 2.24) is 9.13 Å². The van der Waals surface area contributed by atoms with Crippen LogP contribution < -0.4 is 30.2 Å². The summed E-state index contributed by atoms with van der Waals surface area (Å²) in [6.07, 6.45) is 0. The summed E-state index contributed by atoms with van der Waals surface area (Å²) in [5, 5.41) is 5.11. The van der Waals surface area contributed by atoms with Crippen molar-refractivity contribution in [3.63, 3.8) is 0 Å². The van der Waals surface area contributed by atoms with Gasteiger partial charge in [-0.2, -0.15) is 0 Å². The van der Waals surface area contributed by atoms with E-state index in [0.717, 1.165) is 0 Å². The van der Waals surface area contributed by atoms with E-state index in [-0.39, 0.29) is 27.1 Å². The molecular weight excluding hydrogens is 925 g/mol. The molecule has 0 fully saturated rings.